The highest BCUT2D eigenvalue weighted by Crippen LogP contribution is 2.26. The molecule has 0 saturated heterocycles. The van der Waals surface area contributed by atoms with Crippen molar-refractivity contribution in [1.29, 1.82) is 0 Å². The number of nitrogens with zero attached hydrogens (tertiary/aromatic N) is 1. The molecule has 0 saturated carbocycles. The molecule has 1 unspecified atom stereocenters. The molecule has 5 heteroatoms. The molecule has 0 bridgehead atoms. The van der Waals surface area contributed by atoms with Crippen LogP contribution in [0, 0.1) is 0 Å². The van der Waals surface area contributed by atoms with Crippen molar-refractivity contribution in [2.24, 2.45) is 0 Å². The molecule has 0 fully saturated rings. The van der Waals surface area contributed by atoms with Crippen LogP contribution >= 0.6 is 0 Å². The molecule has 1 N–H and O–H groups in total. The number of hydrogen-bond acceptors (Lipinski definition) is 4. The summed E-state index contributed by atoms with van der Waals surface area (Å²) >= 11 is 0. The van der Waals surface area contributed by atoms with Crippen LogP contribution in [0.5, 0.6) is 0 Å². The molecule has 0 aromatic heterocycles. The van der Waals surface area contributed by atoms with E-state index in [4.69, 9.17) is 4.74 Å². The monoisotopic (exact) mass is 390 g/mol. The van der Waals surface area contributed by atoms with E-state index in [2.05, 4.69) is 62.2 Å². The van der Waals surface area contributed by atoms with Crippen molar-refractivity contribution in [2.75, 3.05) is 19.6 Å². The maximum absolute atomic E-state index is 11.7. The molecule has 1 amide bonds. The lowest BCUT2D eigenvalue weighted by Gasteiger charge is -2.29. The van der Waals surface area contributed by atoms with Gasteiger partial charge in [0.05, 0.1) is 6.54 Å². The number of carbonyl (C=O) groups is 2. The van der Waals surface area contributed by atoms with Gasteiger partial charge in [0.15, 0.2) is 0 Å². The zero-order valence-electron chi connectivity index (χ0n) is 18.9. The van der Waals surface area contributed by atoms with Crippen molar-refractivity contribution in [2.45, 2.75) is 78.9 Å². The zero-order chi connectivity index (χ0) is 21.5. The van der Waals surface area contributed by atoms with E-state index in [0.717, 1.165) is 13.0 Å². The lowest BCUT2D eigenvalue weighted by molar-refractivity contribution is -0.118. The van der Waals surface area contributed by atoms with Gasteiger partial charge in [-0.25, -0.2) is 4.79 Å². The fourth-order valence-electron chi connectivity index (χ4n) is 2.95. The molecule has 0 spiro atoms. The molecule has 158 valence electrons. The highest BCUT2D eigenvalue weighted by molar-refractivity contribution is 5.77. The Balaban J connectivity index is 2.66. The SMILES string of the molecule is CC(=O)CN(CCCNC(=O)OC(C)(C)C)C(C)c1ccc(C(C)(C)C)cc1. The molecule has 1 aromatic carbocycles. The normalized spacial score (nSPS) is 13.3. The maximum atomic E-state index is 11.7. The quantitative estimate of drug-likeness (QED) is 0.645. The fraction of sp³-hybridized carbons (Fsp3) is 0.652. The Labute approximate surface area is 170 Å². The summed E-state index contributed by atoms with van der Waals surface area (Å²) in [6, 6.07) is 8.76. The number of benzene rings is 1. The molecule has 1 rings (SSSR count). The molecule has 5 nitrogen and oxygen atoms in total. The van der Waals surface area contributed by atoms with Crippen molar-refractivity contribution in [3.05, 3.63) is 35.4 Å². The summed E-state index contributed by atoms with van der Waals surface area (Å²) in [6.45, 7) is 17.5. The lowest BCUT2D eigenvalue weighted by Crippen LogP contribution is -2.36. The third-order valence-corrected chi connectivity index (χ3v) is 4.52. The van der Waals surface area contributed by atoms with Gasteiger partial charge in [-0.05, 0) is 57.6 Å². The highest BCUT2D eigenvalue weighted by Gasteiger charge is 2.20. The average Bonchev–Trinajstić information content (AvgIpc) is 2.54. The van der Waals surface area contributed by atoms with Crippen LogP contribution in [0.4, 0.5) is 4.79 Å². The number of alkyl carbamates (subject to hydrolysis) is 1. The summed E-state index contributed by atoms with van der Waals surface area (Å²) in [6.07, 6.45) is 0.341. The Bertz CT molecular complexity index is 639. The van der Waals surface area contributed by atoms with Crippen molar-refractivity contribution in [1.82, 2.24) is 10.2 Å². The standard InChI is InChI=1S/C23H38N2O3/c1-17(26)16-25(15-9-14-24-21(27)28-23(6,7)8)18(2)19-10-12-20(13-11-19)22(3,4)5/h10-13,18H,9,14-16H2,1-8H3,(H,24,27). The number of amides is 1. The molecular formula is C23H38N2O3. The topological polar surface area (TPSA) is 58.6 Å². The largest absolute Gasteiger partial charge is 0.444 e. The first-order valence-corrected chi connectivity index (χ1v) is 10.1. The number of hydrogen-bond donors (Lipinski definition) is 1. The minimum Gasteiger partial charge on any atom is -0.444 e. The molecule has 0 aliphatic heterocycles. The van der Waals surface area contributed by atoms with Crippen LogP contribution in [0.2, 0.25) is 0 Å². The minimum absolute atomic E-state index is 0.119. The first kappa shape index (κ1) is 24.2. The second kappa shape index (κ2) is 10.1. The van der Waals surface area contributed by atoms with Gasteiger partial charge >= 0.3 is 6.09 Å². The van der Waals surface area contributed by atoms with Gasteiger partial charge in [-0.2, -0.15) is 0 Å². The number of nitrogens with one attached hydrogen (secondary N) is 1. The van der Waals surface area contributed by atoms with Crippen LogP contribution in [0.15, 0.2) is 24.3 Å². The lowest BCUT2D eigenvalue weighted by atomic mass is 9.86. The van der Waals surface area contributed by atoms with Gasteiger partial charge in [0.25, 0.3) is 0 Å². The molecule has 28 heavy (non-hydrogen) atoms. The predicted octanol–water partition coefficient (Wildman–Crippen LogP) is 4.85. The Morgan fingerprint density at radius 2 is 1.64 bits per heavy atom. The summed E-state index contributed by atoms with van der Waals surface area (Å²) in [5, 5.41) is 2.78. The highest BCUT2D eigenvalue weighted by atomic mass is 16.6. The summed E-state index contributed by atoms with van der Waals surface area (Å²) in [7, 11) is 0. The molecule has 0 aliphatic rings. The Morgan fingerprint density at radius 3 is 2.11 bits per heavy atom. The van der Waals surface area contributed by atoms with E-state index in [1.54, 1.807) is 6.92 Å². The van der Waals surface area contributed by atoms with Crippen LogP contribution in [-0.4, -0.2) is 42.0 Å². The molecular weight excluding hydrogens is 352 g/mol. The van der Waals surface area contributed by atoms with E-state index in [1.807, 2.05) is 20.8 Å². The van der Waals surface area contributed by atoms with E-state index in [0.29, 0.717) is 13.1 Å². The van der Waals surface area contributed by atoms with Crippen molar-refractivity contribution in [3.8, 4) is 0 Å². The van der Waals surface area contributed by atoms with Crippen molar-refractivity contribution >= 4 is 11.9 Å². The van der Waals surface area contributed by atoms with Crippen LogP contribution in [0.25, 0.3) is 0 Å². The first-order valence-electron chi connectivity index (χ1n) is 10.1. The number of Topliss-reactive ketones (excluding diaryl/α,β-unsaturated/α-hetero) is 1. The number of ketones is 1. The minimum atomic E-state index is -0.502. The van der Waals surface area contributed by atoms with E-state index in [-0.39, 0.29) is 17.2 Å². The van der Waals surface area contributed by atoms with Crippen LogP contribution in [0.1, 0.15) is 79.0 Å². The predicted molar refractivity (Wildman–Crippen MR) is 115 cm³/mol. The van der Waals surface area contributed by atoms with Crippen molar-refractivity contribution < 1.29 is 14.3 Å². The molecule has 1 aromatic rings. The van der Waals surface area contributed by atoms with Gasteiger partial charge in [-0.1, -0.05) is 45.0 Å². The third-order valence-electron chi connectivity index (χ3n) is 4.52. The summed E-state index contributed by atoms with van der Waals surface area (Å²) < 4.78 is 5.25. The molecule has 0 heterocycles. The van der Waals surface area contributed by atoms with E-state index in [1.165, 1.54) is 11.1 Å². The fourth-order valence-corrected chi connectivity index (χ4v) is 2.95. The van der Waals surface area contributed by atoms with Gasteiger partial charge in [-0.15, -0.1) is 0 Å². The van der Waals surface area contributed by atoms with Gasteiger partial charge in [0.2, 0.25) is 0 Å². The van der Waals surface area contributed by atoms with Crippen LogP contribution in [-0.2, 0) is 14.9 Å². The Kier molecular flexibility index (Phi) is 8.68. The maximum Gasteiger partial charge on any atom is 0.407 e. The van der Waals surface area contributed by atoms with Gasteiger partial charge in [0, 0.05) is 19.1 Å². The zero-order valence-corrected chi connectivity index (χ0v) is 18.9. The average molecular weight is 391 g/mol. The number of ether oxygens (including phenoxy) is 1. The summed E-state index contributed by atoms with van der Waals surface area (Å²) in [4.78, 5) is 25.6. The second-order valence-corrected chi connectivity index (χ2v) is 9.50. The molecule has 1 atom stereocenters. The van der Waals surface area contributed by atoms with Crippen molar-refractivity contribution in [3.63, 3.8) is 0 Å². The number of carbonyl (C=O) groups excluding carboxylic acids is 2. The van der Waals surface area contributed by atoms with Gasteiger partial charge in [-0.3, -0.25) is 9.69 Å². The third kappa shape index (κ3) is 8.87. The summed E-state index contributed by atoms with van der Waals surface area (Å²) in [5.41, 5.74) is 2.10. The number of rotatable bonds is 8. The Hall–Kier alpha value is -1.88. The van der Waals surface area contributed by atoms with E-state index in [9.17, 15) is 9.59 Å². The van der Waals surface area contributed by atoms with Gasteiger partial charge < -0.3 is 10.1 Å². The van der Waals surface area contributed by atoms with E-state index >= 15 is 0 Å². The summed E-state index contributed by atoms with van der Waals surface area (Å²) in [5.74, 6) is 0.137. The van der Waals surface area contributed by atoms with Crippen LogP contribution in [0.3, 0.4) is 0 Å². The first-order chi connectivity index (χ1) is 12.8. The smallest absolute Gasteiger partial charge is 0.407 e. The van der Waals surface area contributed by atoms with Crippen LogP contribution < -0.4 is 5.32 Å². The molecule has 0 aliphatic carbocycles. The molecule has 0 radical (unpaired) electrons. The second-order valence-electron chi connectivity index (χ2n) is 9.50. The Morgan fingerprint density at radius 1 is 1.07 bits per heavy atom. The van der Waals surface area contributed by atoms with E-state index < -0.39 is 11.7 Å². The van der Waals surface area contributed by atoms with Gasteiger partial charge in [0.1, 0.15) is 11.4 Å².